The lowest BCUT2D eigenvalue weighted by Crippen LogP contribution is -2.02. The Labute approximate surface area is 147 Å². The zero-order valence-corrected chi connectivity index (χ0v) is 14.1. The van der Waals surface area contributed by atoms with Crippen LogP contribution in [0.4, 0.5) is 0 Å². The summed E-state index contributed by atoms with van der Waals surface area (Å²) in [5.41, 5.74) is 0.776. The third-order valence-corrected chi connectivity index (χ3v) is 3.91. The fourth-order valence-corrected chi connectivity index (χ4v) is 2.58. The molecule has 130 valence electrons. The maximum Gasteiger partial charge on any atom is 0.349 e. The van der Waals surface area contributed by atoms with Crippen LogP contribution in [0.5, 0.6) is 11.5 Å². The molecule has 7 heteroatoms. The average Bonchev–Trinajstić information content (AvgIpc) is 3.17. The van der Waals surface area contributed by atoms with Gasteiger partial charge in [0.05, 0.1) is 14.2 Å². The van der Waals surface area contributed by atoms with Crippen LogP contribution in [0.25, 0.3) is 33.9 Å². The lowest BCUT2D eigenvalue weighted by atomic mass is 10.2. The third kappa shape index (κ3) is 2.79. The molecular formula is C19H14N2O5. The summed E-state index contributed by atoms with van der Waals surface area (Å²) in [7, 11) is 3.15. The molecule has 26 heavy (non-hydrogen) atoms. The molecule has 4 rings (SSSR count). The molecule has 2 heterocycles. The summed E-state index contributed by atoms with van der Waals surface area (Å²) in [6.45, 7) is 0. The molecule has 0 bridgehead atoms. The second kappa shape index (κ2) is 6.36. The van der Waals surface area contributed by atoms with Crippen molar-refractivity contribution < 1.29 is 18.3 Å². The fourth-order valence-electron chi connectivity index (χ4n) is 2.58. The van der Waals surface area contributed by atoms with Gasteiger partial charge in [-0.25, -0.2) is 4.79 Å². The highest BCUT2D eigenvalue weighted by Gasteiger charge is 2.16. The van der Waals surface area contributed by atoms with Crippen molar-refractivity contribution in [1.82, 2.24) is 10.2 Å². The second-order valence-electron chi connectivity index (χ2n) is 5.50. The topological polar surface area (TPSA) is 87.6 Å². The third-order valence-electron chi connectivity index (χ3n) is 3.91. The number of methoxy groups -OCH3 is 2. The summed E-state index contributed by atoms with van der Waals surface area (Å²) in [5, 5.41) is 8.69. The predicted octanol–water partition coefficient (Wildman–Crippen LogP) is 3.53. The van der Waals surface area contributed by atoms with E-state index in [1.165, 1.54) is 0 Å². The van der Waals surface area contributed by atoms with E-state index in [0.29, 0.717) is 28.0 Å². The van der Waals surface area contributed by atoms with Crippen molar-refractivity contribution in [2.24, 2.45) is 0 Å². The quantitative estimate of drug-likeness (QED) is 0.520. The van der Waals surface area contributed by atoms with E-state index in [4.69, 9.17) is 18.3 Å². The van der Waals surface area contributed by atoms with E-state index >= 15 is 0 Å². The van der Waals surface area contributed by atoms with Gasteiger partial charge in [-0.1, -0.05) is 6.07 Å². The summed E-state index contributed by atoms with van der Waals surface area (Å²) in [5.74, 6) is 1.68. The van der Waals surface area contributed by atoms with Crippen LogP contribution >= 0.6 is 0 Å². The molecule has 0 amide bonds. The van der Waals surface area contributed by atoms with Gasteiger partial charge in [0.2, 0.25) is 5.89 Å². The van der Waals surface area contributed by atoms with Gasteiger partial charge in [-0.2, -0.15) is 0 Å². The number of benzene rings is 2. The molecule has 0 saturated carbocycles. The number of rotatable bonds is 4. The fraction of sp³-hybridized carbons (Fsp3) is 0.105. The minimum absolute atomic E-state index is 0.0845. The van der Waals surface area contributed by atoms with Crippen LogP contribution in [0.3, 0.4) is 0 Å². The van der Waals surface area contributed by atoms with Crippen molar-refractivity contribution in [3.05, 3.63) is 59.0 Å². The molecule has 4 aromatic rings. The van der Waals surface area contributed by atoms with E-state index in [0.717, 1.165) is 0 Å². The summed E-state index contributed by atoms with van der Waals surface area (Å²) in [4.78, 5) is 12.3. The summed E-state index contributed by atoms with van der Waals surface area (Å²) >= 11 is 0. The Bertz CT molecular complexity index is 1150. The molecule has 0 N–H and O–H groups in total. The Balaban J connectivity index is 1.79. The Morgan fingerprint density at radius 2 is 1.62 bits per heavy atom. The highest BCUT2D eigenvalue weighted by atomic mass is 16.5. The Morgan fingerprint density at radius 3 is 2.42 bits per heavy atom. The highest BCUT2D eigenvalue weighted by molar-refractivity contribution is 5.81. The van der Waals surface area contributed by atoms with E-state index in [-0.39, 0.29) is 17.3 Å². The number of hydrogen-bond donors (Lipinski definition) is 0. The Morgan fingerprint density at radius 1 is 0.846 bits per heavy atom. The van der Waals surface area contributed by atoms with Gasteiger partial charge >= 0.3 is 5.63 Å². The van der Waals surface area contributed by atoms with Crippen LogP contribution in [0.1, 0.15) is 0 Å². The average molecular weight is 350 g/mol. The largest absolute Gasteiger partial charge is 0.497 e. The molecule has 0 radical (unpaired) electrons. The maximum absolute atomic E-state index is 12.3. The van der Waals surface area contributed by atoms with Crippen molar-refractivity contribution in [2.75, 3.05) is 14.2 Å². The molecule has 0 aliphatic heterocycles. The van der Waals surface area contributed by atoms with Crippen molar-refractivity contribution >= 4 is 11.0 Å². The van der Waals surface area contributed by atoms with Crippen molar-refractivity contribution in [1.29, 1.82) is 0 Å². The molecule has 0 atom stereocenters. The first-order valence-corrected chi connectivity index (χ1v) is 7.78. The molecule has 0 aliphatic carbocycles. The van der Waals surface area contributed by atoms with E-state index < -0.39 is 5.63 Å². The standard InChI is InChI=1S/C19H14N2O5/c1-23-13-5-3-4-11(8-13)17-20-21-18(26-17)15-10-12-9-14(24-2)6-7-16(12)25-19(15)22/h3-10H,1-2H3. The summed E-state index contributed by atoms with van der Waals surface area (Å²) < 4.78 is 21.4. The zero-order chi connectivity index (χ0) is 18.1. The molecule has 0 aliphatic rings. The number of fused-ring (bicyclic) bond motifs is 1. The molecule has 0 fully saturated rings. The molecule has 2 aromatic heterocycles. The van der Waals surface area contributed by atoms with Crippen molar-refractivity contribution in [3.63, 3.8) is 0 Å². The zero-order valence-electron chi connectivity index (χ0n) is 14.1. The lowest BCUT2D eigenvalue weighted by Gasteiger charge is -2.02. The van der Waals surface area contributed by atoms with E-state index in [1.54, 1.807) is 44.6 Å². The van der Waals surface area contributed by atoms with E-state index in [9.17, 15) is 4.79 Å². The van der Waals surface area contributed by atoms with Gasteiger partial charge in [-0.15, -0.1) is 10.2 Å². The van der Waals surface area contributed by atoms with Gasteiger partial charge < -0.3 is 18.3 Å². The first-order chi connectivity index (χ1) is 12.7. The van der Waals surface area contributed by atoms with Gasteiger partial charge in [-0.3, -0.25) is 0 Å². The SMILES string of the molecule is COc1cccc(-c2nnc(-c3cc4cc(OC)ccc4oc3=O)o2)c1. The number of aromatic nitrogens is 2. The molecule has 2 aromatic carbocycles. The summed E-state index contributed by atoms with van der Waals surface area (Å²) in [6.07, 6.45) is 0. The summed E-state index contributed by atoms with van der Waals surface area (Å²) in [6, 6.07) is 14.0. The van der Waals surface area contributed by atoms with Gasteiger partial charge in [0, 0.05) is 10.9 Å². The molecule has 0 unspecified atom stereocenters. The minimum atomic E-state index is -0.552. The predicted molar refractivity (Wildman–Crippen MR) is 94.3 cm³/mol. The van der Waals surface area contributed by atoms with Crippen LogP contribution in [0, 0.1) is 0 Å². The van der Waals surface area contributed by atoms with Gasteiger partial charge in [0.15, 0.2) is 0 Å². The van der Waals surface area contributed by atoms with Crippen molar-refractivity contribution in [3.8, 4) is 34.4 Å². The number of hydrogen-bond acceptors (Lipinski definition) is 7. The highest BCUT2D eigenvalue weighted by Crippen LogP contribution is 2.27. The van der Waals surface area contributed by atoms with Gasteiger partial charge in [0.1, 0.15) is 22.6 Å². The maximum atomic E-state index is 12.3. The van der Waals surface area contributed by atoms with Crippen LogP contribution in [0.15, 0.2) is 62.2 Å². The molecular weight excluding hydrogens is 336 g/mol. The van der Waals surface area contributed by atoms with E-state index in [2.05, 4.69) is 10.2 Å². The number of ether oxygens (including phenoxy) is 2. The second-order valence-corrected chi connectivity index (χ2v) is 5.50. The van der Waals surface area contributed by atoms with Crippen LogP contribution in [-0.4, -0.2) is 24.4 Å². The van der Waals surface area contributed by atoms with Crippen molar-refractivity contribution in [2.45, 2.75) is 0 Å². The van der Waals surface area contributed by atoms with E-state index in [1.807, 2.05) is 18.2 Å². The van der Waals surface area contributed by atoms with Gasteiger partial charge in [-0.05, 0) is 42.5 Å². The molecule has 0 saturated heterocycles. The van der Waals surface area contributed by atoms with Crippen LogP contribution in [0.2, 0.25) is 0 Å². The molecule has 7 nitrogen and oxygen atoms in total. The van der Waals surface area contributed by atoms with Crippen LogP contribution in [-0.2, 0) is 0 Å². The minimum Gasteiger partial charge on any atom is -0.497 e. The Hall–Kier alpha value is -3.61. The Kier molecular flexibility index (Phi) is 3.89. The smallest absolute Gasteiger partial charge is 0.349 e. The van der Waals surface area contributed by atoms with Gasteiger partial charge in [0.25, 0.3) is 5.89 Å². The number of nitrogens with zero attached hydrogens (tertiary/aromatic N) is 2. The first-order valence-electron chi connectivity index (χ1n) is 7.78. The first kappa shape index (κ1) is 15.9. The molecule has 0 spiro atoms. The monoisotopic (exact) mass is 350 g/mol. The van der Waals surface area contributed by atoms with Crippen LogP contribution < -0.4 is 15.1 Å². The lowest BCUT2D eigenvalue weighted by molar-refractivity contribution is 0.414. The normalized spacial score (nSPS) is 10.8.